The van der Waals surface area contributed by atoms with Gasteiger partial charge >= 0.3 is 0 Å². The summed E-state index contributed by atoms with van der Waals surface area (Å²) >= 11 is 1.67. The number of amides is 1. The van der Waals surface area contributed by atoms with Crippen molar-refractivity contribution in [1.29, 1.82) is 0 Å². The van der Waals surface area contributed by atoms with E-state index in [-0.39, 0.29) is 11.8 Å². The first-order valence-electron chi connectivity index (χ1n) is 8.31. The standard InChI is InChI=1S/C19H19N3O2S/c1-12-5-6-14(8-13(12)2)18-20-19(24-21-18)15-9-17(23)22(10-15)11-16-4-3-7-25-16/h3-8,15H,9-11H2,1-2H3. The molecular formula is C19H19N3O2S. The number of rotatable bonds is 4. The highest BCUT2D eigenvalue weighted by atomic mass is 32.1. The molecule has 0 aliphatic carbocycles. The fourth-order valence-electron chi connectivity index (χ4n) is 3.08. The zero-order chi connectivity index (χ0) is 17.4. The first-order chi connectivity index (χ1) is 12.1. The number of aromatic nitrogens is 2. The molecule has 3 heterocycles. The summed E-state index contributed by atoms with van der Waals surface area (Å²) in [6.45, 7) is 5.43. The van der Waals surface area contributed by atoms with Gasteiger partial charge in [-0.25, -0.2) is 0 Å². The second kappa shape index (κ2) is 6.44. The maximum absolute atomic E-state index is 12.3. The Morgan fingerprint density at radius 3 is 2.92 bits per heavy atom. The van der Waals surface area contributed by atoms with Crippen molar-refractivity contribution in [2.24, 2.45) is 0 Å². The minimum absolute atomic E-state index is 0.0275. The van der Waals surface area contributed by atoms with E-state index >= 15 is 0 Å². The first-order valence-corrected chi connectivity index (χ1v) is 9.19. The molecule has 5 nitrogen and oxygen atoms in total. The smallest absolute Gasteiger partial charge is 0.232 e. The number of carbonyl (C=O) groups excluding carboxylic acids is 1. The third-order valence-corrected chi connectivity index (χ3v) is 5.56. The Hall–Kier alpha value is -2.47. The van der Waals surface area contributed by atoms with Gasteiger partial charge in [0.15, 0.2) is 0 Å². The molecule has 4 rings (SSSR count). The lowest BCUT2D eigenvalue weighted by Gasteiger charge is -2.14. The molecule has 0 saturated carbocycles. The summed E-state index contributed by atoms with van der Waals surface area (Å²) in [7, 11) is 0. The van der Waals surface area contributed by atoms with Crippen LogP contribution in [0.25, 0.3) is 11.4 Å². The lowest BCUT2D eigenvalue weighted by atomic mass is 10.1. The van der Waals surface area contributed by atoms with Crippen LogP contribution in [0.4, 0.5) is 0 Å². The lowest BCUT2D eigenvalue weighted by Crippen LogP contribution is -2.23. The van der Waals surface area contributed by atoms with Crippen molar-refractivity contribution >= 4 is 17.2 Å². The van der Waals surface area contributed by atoms with E-state index < -0.39 is 0 Å². The SMILES string of the molecule is Cc1ccc(-c2noc(C3CC(=O)N(Cc4cccs4)C3)n2)cc1C. The highest BCUT2D eigenvalue weighted by molar-refractivity contribution is 7.09. The number of hydrogen-bond acceptors (Lipinski definition) is 5. The highest BCUT2D eigenvalue weighted by Gasteiger charge is 2.34. The van der Waals surface area contributed by atoms with Crippen LogP contribution in [-0.4, -0.2) is 27.5 Å². The highest BCUT2D eigenvalue weighted by Crippen LogP contribution is 2.30. The number of aryl methyl sites for hydroxylation is 2. The molecule has 1 aliphatic rings. The Morgan fingerprint density at radius 2 is 2.16 bits per heavy atom. The van der Waals surface area contributed by atoms with Gasteiger partial charge in [-0.15, -0.1) is 11.3 Å². The van der Waals surface area contributed by atoms with Gasteiger partial charge in [0, 0.05) is 23.4 Å². The molecule has 3 aromatic rings. The van der Waals surface area contributed by atoms with E-state index in [1.807, 2.05) is 22.4 Å². The number of likely N-dealkylation sites (tertiary alicyclic amines) is 1. The molecule has 6 heteroatoms. The number of benzene rings is 1. The van der Waals surface area contributed by atoms with Crippen molar-refractivity contribution in [1.82, 2.24) is 15.0 Å². The number of nitrogens with zero attached hydrogens (tertiary/aromatic N) is 3. The second-order valence-corrected chi connectivity index (χ2v) is 7.54. The van der Waals surface area contributed by atoms with Crippen LogP contribution in [0.15, 0.2) is 40.2 Å². The number of hydrogen-bond donors (Lipinski definition) is 0. The maximum atomic E-state index is 12.3. The molecule has 128 valence electrons. The molecule has 2 aromatic heterocycles. The molecule has 1 aromatic carbocycles. The Labute approximate surface area is 150 Å². The van der Waals surface area contributed by atoms with Gasteiger partial charge < -0.3 is 9.42 Å². The summed E-state index contributed by atoms with van der Waals surface area (Å²) in [5.74, 6) is 1.25. The van der Waals surface area contributed by atoms with Crippen LogP contribution in [0.3, 0.4) is 0 Å². The monoisotopic (exact) mass is 353 g/mol. The third kappa shape index (κ3) is 3.22. The van der Waals surface area contributed by atoms with Crippen molar-refractivity contribution in [2.75, 3.05) is 6.54 Å². The zero-order valence-corrected chi connectivity index (χ0v) is 15.0. The van der Waals surface area contributed by atoms with E-state index in [2.05, 4.69) is 42.2 Å². The van der Waals surface area contributed by atoms with Gasteiger partial charge in [-0.3, -0.25) is 4.79 Å². The average Bonchev–Trinajstić information content (AvgIpc) is 3.32. The van der Waals surface area contributed by atoms with Crippen LogP contribution in [0, 0.1) is 13.8 Å². The summed E-state index contributed by atoms with van der Waals surface area (Å²) in [6.07, 6.45) is 0.430. The minimum atomic E-state index is -0.0275. The molecule has 1 amide bonds. The van der Waals surface area contributed by atoms with E-state index in [0.29, 0.717) is 31.2 Å². The van der Waals surface area contributed by atoms with Crippen LogP contribution in [0.5, 0.6) is 0 Å². The lowest BCUT2D eigenvalue weighted by molar-refractivity contribution is -0.128. The summed E-state index contributed by atoms with van der Waals surface area (Å²) in [5.41, 5.74) is 3.37. The molecule has 1 fully saturated rings. The molecule has 1 unspecified atom stereocenters. The van der Waals surface area contributed by atoms with Gasteiger partial charge in [0.25, 0.3) is 0 Å². The fourth-order valence-corrected chi connectivity index (χ4v) is 3.80. The maximum Gasteiger partial charge on any atom is 0.232 e. The fraction of sp³-hybridized carbons (Fsp3) is 0.316. The Kier molecular flexibility index (Phi) is 4.13. The summed E-state index contributed by atoms with van der Waals surface area (Å²) in [6, 6.07) is 10.2. The van der Waals surface area contributed by atoms with Gasteiger partial charge in [-0.1, -0.05) is 23.4 Å². The molecular weight excluding hydrogens is 334 g/mol. The van der Waals surface area contributed by atoms with E-state index in [4.69, 9.17) is 4.52 Å². The minimum Gasteiger partial charge on any atom is -0.339 e. The summed E-state index contributed by atoms with van der Waals surface area (Å²) in [5, 5.41) is 6.14. The molecule has 0 N–H and O–H groups in total. The molecule has 25 heavy (non-hydrogen) atoms. The molecule has 1 aliphatic heterocycles. The number of thiophene rings is 1. The van der Waals surface area contributed by atoms with Crippen molar-refractivity contribution in [3.05, 3.63) is 57.6 Å². The normalized spacial score (nSPS) is 17.4. The van der Waals surface area contributed by atoms with Crippen molar-refractivity contribution in [3.8, 4) is 11.4 Å². The van der Waals surface area contributed by atoms with Crippen LogP contribution >= 0.6 is 11.3 Å². The van der Waals surface area contributed by atoms with Gasteiger partial charge in [-0.05, 0) is 42.5 Å². The van der Waals surface area contributed by atoms with Crippen LogP contribution in [0.2, 0.25) is 0 Å². The predicted octanol–water partition coefficient (Wildman–Crippen LogP) is 3.93. The molecule has 0 radical (unpaired) electrons. The third-order valence-electron chi connectivity index (χ3n) is 4.70. The van der Waals surface area contributed by atoms with Gasteiger partial charge in [0.05, 0.1) is 12.5 Å². The average molecular weight is 353 g/mol. The van der Waals surface area contributed by atoms with E-state index in [1.165, 1.54) is 16.0 Å². The van der Waals surface area contributed by atoms with Crippen molar-refractivity contribution < 1.29 is 9.32 Å². The Balaban J connectivity index is 1.50. The van der Waals surface area contributed by atoms with Gasteiger partial charge in [0.2, 0.25) is 17.6 Å². The van der Waals surface area contributed by atoms with Crippen LogP contribution in [0.1, 0.15) is 34.2 Å². The first kappa shape index (κ1) is 16.0. The Morgan fingerprint density at radius 1 is 1.28 bits per heavy atom. The zero-order valence-electron chi connectivity index (χ0n) is 14.2. The molecule has 0 bridgehead atoms. The molecule has 1 atom stereocenters. The van der Waals surface area contributed by atoms with Crippen molar-refractivity contribution in [3.63, 3.8) is 0 Å². The van der Waals surface area contributed by atoms with E-state index in [1.54, 1.807) is 11.3 Å². The van der Waals surface area contributed by atoms with Gasteiger partial charge in [0.1, 0.15) is 0 Å². The summed E-state index contributed by atoms with van der Waals surface area (Å²) < 4.78 is 5.47. The predicted molar refractivity (Wildman–Crippen MR) is 96.3 cm³/mol. The van der Waals surface area contributed by atoms with Crippen LogP contribution < -0.4 is 0 Å². The largest absolute Gasteiger partial charge is 0.339 e. The van der Waals surface area contributed by atoms with Crippen molar-refractivity contribution in [2.45, 2.75) is 32.7 Å². The van der Waals surface area contributed by atoms with E-state index in [0.717, 1.165) is 5.56 Å². The molecule has 0 spiro atoms. The topological polar surface area (TPSA) is 59.2 Å². The number of carbonyl (C=O) groups is 1. The van der Waals surface area contributed by atoms with Crippen LogP contribution in [-0.2, 0) is 11.3 Å². The van der Waals surface area contributed by atoms with E-state index in [9.17, 15) is 4.79 Å². The second-order valence-electron chi connectivity index (χ2n) is 6.51. The molecule has 1 saturated heterocycles. The quantitative estimate of drug-likeness (QED) is 0.713. The summed E-state index contributed by atoms with van der Waals surface area (Å²) in [4.78, 5) is 19.9. The Bertz CT molecular complexity index is 901. The van der Waals surface area contributed by atoms with Gasteiger partial charge in [-0.2, -0.15) is 4.98 Å².